The maximum absolute atomic E-state index is 11.2. The Hall–Kier alpha value is -1.75. The van der Waals surface area contributed by atoms with Crippen LogP contribution in [0.1, 0.15) is 19.4 Å². The van der Waals surface area contributed by atoms with Gasteiger partial charge in [0.2, 0.25) is 5.91 Å². The van der Waals surface area contributed by atoms with Crippen LogP contribution in [0.3, 0.4) is 0 Å². The van der Waals surface area contributed by atoms with Crippen LogP contribution >= 0.6 is 11.6 Å². The number of carboxylic acids is 1. The normalized spacial score (nSPS) is 11.8. The summed E-state index contributed by atoms with van der Waals surface area (Å²) in [5, 5.41) is 12.0. The number of anilines is 1. The molecule has 2 N–H and O–H groups in total. The molecule has 104 valence electrons. The van der Waals surface area contributed by atoms with Gasteiger partial charge in [0.25, 0.3) is 0 Å². The highest BCUT2D eigenvalue weighted by molar-refractivity contribution is 6.32. The zero-order valence-electron chi connectivity index (χ0n) is 11.0. The summed E-state index contributed by atoms with van der Waals surface area (Å²) in [6.45, 7) is 2.94. The minimum absolute atomic E-state index is 0.209. The Morgan fingerprint density at radius 2 is 2.11 bits per heavy atom. The van der Waals surface area contributed by atoms with Crippen LogP contribution in [0.2, 0.25) is 5.02 Å². The number of amides is 1. The third-order valence-electron chi connectivity index (χ3n) is 2.67. The van der Waals surface area contributed by atoms with Gasteiger partial charge in [0, 0.05) is 11.9 Å². The summed E-state index contributed by atoms with van der Waals surface area (Å²) in [7, 11) is 1.47. The molecule has 1 amide bonds. The second-order valence-corrected chi connectivity index (χ2v) is 4.63. The largest absolute Gasteiger partial charge is 0.495 e. The number of nitrogens with one attached hydrogen (secondary N) is 1. The predicted octanol–water partition coefficient (Wildman–Crippen LogP) is 2.57. The lowest BCUT2D eigenvalue weighted by atomic mass is 9.99. The molecule has 6 heteroatoms. The number of hydrogen-bond donors (Lipinski definition) is 2. The lowest BCUT2D eigenvalue weighted by Gasteiger charge is -2.17. The van der Waals surface area contributed by atoms with Crippen molar-refractivity contribution < 1.29 is 19.4 Å². The van der Waals surface area contributed by atoms with E-state index in [0.717, 1.165) is 0 Å². The fourth-order valence-electron chi connectivity index (χ4n) is 1.68. The fourth-order valence-corrected chi connectivity index (χ4v) is 1.91. The molecule has 5 nitrogen and oxygen atoms in total. The van der Waals surface area contributed by atoms with Gasteiger partial charge in [0.15, 0.2) is 0 Å². The maximum Gasteiger partial charge on any atom is 0.306 e. The van der Waals surface area contributed by atoms with Gasteiger partial charge in [-0.1, -0.05) is 18.5 Å². The van der Waals surface area contributed by atoms with Crippen molar-refractivity contribution in [1.29, 1.82) is 0 Å². The Labute approximate surface area is 116 Å². The van der Waals surface area contributed by atoms with Gasteiger partial charge in [0.1, 0.15) is 5.75 Å². The molecule has 0 fully saturated rings. The van der Waals surface area contributed by atoms with Gasteiger partial charge in [-0.15, -0.1) is 0 Å². The molecular formula is C13H16ClNO4. The number of rotatable bonds is 5. The second-order valence-electron chi connectivity index (χ2n) is 4.23. The van der Waals surface area contributed by atoms with E-state index in [2.05, 4.69) is 5.32 Å². The number of aliphatic carboxylic acids is 1. The van der Waals surface area contributed by atoms with Crippen LogP contribution in [0, 0.1) is 5.92 Å². The smallest absolute Gasteiger partial charge is 0.306 e. The standard InChI is InChI=1S/C13H16ClNO4/c1-7(13(17)18)6-9-10(14)4-5-11(19-3)12(9)15-8(2)16/h4-5,7H,6H2,1-3H3,(H,15,16)(H,17,18). The zero-order valence-corrected chi connectivity index (χ0v) is 11.7. The van der Waals surface area contributed by atoms with Crippen molar-refractivity contribution in [3.63, 3.8) is 0 Å². The van der Waals surface area contributed by atoms with Crippen LogP contribution in [0.5, 0.6) is 5.75 Å². The van der Waals surface area contributed by atoms with E-state index in [9.17, 15) is 9.59 Å². The minimum atomic E-state index is -0.923. The Kier molecular flexibility index (Phi) is 5.18. The van der Waals surface area contributed by atoms with Crippen LogP contribution in [-0.4, -0.2) is 24.1 Å². The van der Waals surface area contributed by atoms with Crippen molar-refractivity contribution in [2.45, 2.75) is 20.3 Å². The number of carbonyl (C=O) groups excluding carboxylic acids is 1. The van der Waals surface area contributed by atoms with E-state index in [1.165, 1.54) is 14.0 Å². The molecule has 0 aliphatic rings. The Morgan fingerprint density at radius 1 is 1.47 bits per heavy atom. The summed E-state index contributed by atoms with van der Waals surface area (Å²) in [5.74, 6) is -1.36. The number of benzene rings is 1. The lowest BCUT2D eigenvalue weighted by molar-refractivity contribution is -0.141. The molecule has 0 spiro atoms. The molecule has 1 atom stereocenters. The van der Waals surface area contributed by atoms with Crippen molar-refractivity contribution in [3.8, 4) is 5.75 Å². The molecule has 0 bridgehead atoms. The quantitative estimate of drug-likeness (QED) is 0.872. The number of ether oxygens (including phenoxy) is 1. The van der Waals surface area contributed by atoms with Crippen molar-refractivity contribution in [2.24, 2.45) is 5.92 Å². The summed E-state index contributed by atoms with van der Waals surface area (Å²) in [4.78, 5) is 22.2. The number of hydrogen-bond acceptors (Lipinski definition) is 3. The molecule has 0 radical (unpaired) electrons. The predicted molar refractivity (Wildman–Crippen MR) is 72.8 cm³/mol. The van der Waals surface area contributed by atoms with E-state index in [1.807, 2.05) is 0 Å². The molecule has 1 aromatic carbocycles. The molecule has 0 saturated carbocycles. The second kappa shape index (κ2) is 6.43. The Balaban J connectivity index is 3.25. The average Bonchev–Trinajstić information content (AvgIpc) is 2.33. The first-order valence-corrected chi connectivity index (χ1v) is 6.10. The first kappa shape index (κ1) is 15.3. The first-order chi connectivity index (χ1) is 8.86. The highest BCUT2D eigenvalue weighted by Crippen LogP contribution is 2.35. The van der Waals surface area contributed by atoms with Crippen LogP contribution in [0.25, 0.3) is 0 Å². The fraction of sp³-hybridized carbons (Fsp3) is 0.385. The maximum atomic E-state index is 11.2. The van der Waals surface area contributed by atoms with E-state index in [4.69, 9.17) is 21.4 Å². The molecule has 0 aliphatic carbocycles. The van der Waals surface area contributed by atoms with Crippen molar-refractivity contribution >= 4 is 29.2 Å². The van der Waals surface area contributed by atoms with Gasteiger partial charge >= 0.3 is 5.97 Å². The van der Waals surface area contributed by atoms with Crippen LogP contribution in [0.15, 0.2) is 12.1 Å². The third-order valence-corrected chi connectivity index (χ3v) is 3.02. The molecule has 1 unspecified atom stereocenters. The van der Waals surface area contributed by atoms with Gasteiger partial charge < -0.3 is 15.2 Å². The van der Waals surface area contributed by atoms with E-state index in [1.54, 1.807) is 19.1 Å². The minimum Gasteiger partial charge on any atom is -0.495 e. The van der Waals surface area contributed by atoms with Gasteiger partial charge in [-0.2, -0.15) is 0 Å². The summed E-state index contributed by atoms with van der Waals surface area (Å²) >= 11 is 6.09. The summed E-state index contributed by atoms with van der Waals surface area (Å²) in [6, 6.07) is 3.25. The summed E-state index contributed by atoms with van der Waals surface area (Å²) in [5.41, 5.74) is 0.988. The van der Waals surface area contributed by atoms with Crippen molar-refractivity contribution in [3.05, 3.63) is 22.7 Å². The van der Waals surface area contributed by atoms with Crippen LogP contribution in [0.4, 0.5) is 5.69 Å². The molecule has 1 aromatic rings. The number of halogens is 1. The number of carboxylic acid groups (broad SMARTS) is 1. The Bertz CT molecular complexity index is 502. The highest BCUT2D eigenvalue weighted by Gasteiger charge is 2.20. The van der Waals surface area contributed by atoms with Gasteiger partial charge in [-0.05, 0) is 24.1 Å². The zero-order chi connectivity index (χ0) is 14.6. The first-order valence-electron chi connectivity index (χ1n) is 5.72. The number of methoxy groups -OCH3 is 1. The molecule has 0 aliphatic heterocycles. The molecule has 0 aromatic heterocycles. The van der Waals surface area contributed by atoms with E-state index < -0.39 is 11.9 Å². The van der Waals surface area contributed by atoms with Gasteiger partial charge in [-0.25, -0.2) is 0 Å². The highest BCUT2D eigenvalue weighted by atomic mass is 35.5. The van der Waals surface area contributed by atoms with Gasteiger partial charge in [-0.3, -0.25) is 9.59 Å². The SMILES string of the molecule is COc1ccc(Cl)c(CC(C)C(=O)O)c1NC(C)=O. The van der Waals surface area contributed by atoms with E-state index >= 15 is 0 Å². The monoisotopic (exact) mass is 285 g/mol. The lowest BCUT2D eigenvalue weighted by Crippen LogP contribution is -2.16. The summed E-state index contributed by atoms with van der Waals surface area (Å²) in [6.07, 6.45) is 0.209. The molecule has 1 rings (SSSR count). The Morgan fingerprint density at radius 3 is 2.58 bits per heavy atom. The topological polar surface area (TPSA) is 75.6 Å². The van der Waals surface area contributed by atoms with Crippen molar-refractivity contribution in [1.82, 2.24) is 0 Å². The number of carbonyl (C=O) groups is 2. The summed E-state index contributed by atoms with van der Waals surface area (Å²) < 4.78 is 5.16. The van der Waals surface area contributed by atoms with Crippen LogP contribution in [-0.2, 0) is 16.0 Å². The molecular weight excluding hydrogens is 270 g/mol. The molecule has 0 saturated heterocycles. The van der Waals surface area contributed by atoms with Crippen molar-refractivity contribution in [2.75, 3.05) is 12.4 Å². The van der Waals surface area contributed by atoms with Crippen LogP contribution < -0.4 is 10.1 Å². The van der Waals surface area contributed by atoms with E-state index in [0.29, 0.717) is 22.0 Å². The average molecular weight is 286 g/mol. The molecule has 19 heavy (non-hydrogen) atoms. The van der Waals surface area contributed by atoms with E-state index in [-0.39, 0.29) is 12.3 Å². The molecule has 0 heterocycles. The van der Waals surface area contributed by atoms with Gasteiger partial charge in [0.05, 0.1) is 18.7 Å². The third kappa shape index (κ3) is 3.86.